The predicted octanol–water partition coefficient (Wildman–Crippen LogP) is 2.10. The second-order valence-corrected chi connectivity index (χ2v) is 5.54. The third-order valence-electron chi connectivity index (χ3n) is 4.67. The van der Waals surface area contributed by atoms with Crippen LogP contribution in [0.4, 0.5) is 0 Å². The molecule has 2 aliphatic heterocycles. The van der Waals surface area contributed by atoms with Crippen molar-refractivity contribution in [2.45, 2.75) is 52.1 Å². The van der Waals surface area contributed by atoms with Crippen LogP contribution in [0.25, 0.3) is 0 Å². The quantitative estimate of drug-likeness (QED) is 0.767. The number of fused-ring (bicyclic) bond motifs is 1. The Labute approximate surface area is 94.4 Å². The van der Waals surface area contributed by atoms with Gasteiger partial charge in [-0.25, -0.2) is 0 Å². The number of nitrogens with one attached hydrogen (secondary N) is 1. The topological polar surface area (TPSA) is 15.3 Å². The summed E-state index contributed by atoms with van der Waals surface area (Å²) >= 11 is 0. The lowest BCUT2D eigenvalue weighted by atomic mass is 9.94. The van der Waals surface area contributed by atoms with Crippen LogP contribution in [0, 0.1) is 11.8 Å². The molecule has 4 atom stereocenters. The second-order valence-electron chi connectivity index (χ2n) is 5.54. The van der Waals surface area contributed by atoms with Crippen LogP contribution in [0.1, 0.15) is 40.0 Å². The fraction of sp³-hybridized carbons (Fsp3) is 1.00. The Morgan fingerprint density at radius 1 is 1.33 bits per heavy atom. The molecule has 2 nitrogen and oxygen atoms in total. The maximum absolute atomic E-state index is 3.68. The minimum absolute atomic E-state index is 0.766. The van der Waals surface area contributed by atoms with Gasteiger partial charge in [0.2, 0.25) is 0 Å². The molecule has 15 heavy (non-hydrogen) atoms. The van der Waals surface area contributed by atoms with Crippen LogP contribution in [0.3, 0.4) is 0 Å². The third-order valence-corrected chi connectivity index (χ3v) is 4.67. The van der Waals surface area contributed by atoms with Gasteiger partial charge in [-0.15, -0.1) is 0 Å². The molecular formula is C13H26N2. The monoisotopic (exact) mass is 210 g/mol. The normalized spacial score (nSPS) is 36.2. The van der Waals surface area contributed by atoms with Crippen LogP contribution < -0.4 is 5.32 Å². The van der Waals surface area contributed by atoms with Crippen LogP contribution in [-0.4, -0.2) is 36.6 Å². The molecule has 0 saturated carbocycles. The summed E-state index contributed by atoms with van der Waals surface area (Å²) < 4.78 is 0. The van der Waals surface area contributed by atoms with Crippen molar-refractivity contribution in [3.63, 3.8) is 0 Å². The van der Waals surface area contributed by atoms with Gasteiger partial charge in [-0.3, -0.25) is 4.90 Å². The van der Waals surface area contributed by atoms with Crippen molar-refractivity contribution in [3.8, 4) is 0 Å². The van der Waals surface area contributed by atoms with Crippen LogP contribution in [0.5, 0.6) is 0 Å². The van der Waals surface area contributed by atoms with E-state index in [9.17, 15) is 0 Å². The van der Waals surface area contributed by atoms with Gasteiger partial charge >= 0.3 is 0 Å². The first-order valence-electron chi connectivity index (χ1n) is 6.69. The number of piperidine rings is 1. The molecule has 2 fully saturated rings. The SMILES string of the molecule is CCC(C)C(C)N1C[C@H]2CCCN[C@H]2C1. The molecule has 88 valence electrons. The van der Waals surface area contributed by atoms with E-state index in [4.69, 9.17) is 0 Å². The molecule has 2 heterocycles. The molecular weight excluding hydrogens is 184 g/mol. The first kappa shape index (κ1) is 11.4. The number of nitrogens with zero attached hydrogens (tertiary/aromatic N) is 1. The average molecular weight is 210 g/mol. The summed E-state index contributed by atoms with van der Waals surface area (Å²) in [4.78, 5) is 2.71. The van der Waals surface area contributed by atoms with E-state index in [-0.39, 0.29) is 0 Å². The molecule has 0 bridgehead atoms. The Morgan fingerprint density at radius 3 is 2.80 bits per heavy atom. The molecule has 2 rings (SSSR count). The molecule has 0 aromatic carbocycles. The van der Waals surface area contributed by atoms with Gasteiger partial charge in [0.1, 0.15) is 0 Å². The summed E-state index contributed by atoms with van der Waals surface area (Å²) in [6.45, 7) is 11.0. The standard InChI is InChI=1S/C13H26N2/c1-4-10(2)11(3)15-8-12-6-5-7-14-13(12)9-15/h10-14H,4-9H2,1-3H3/t10?,11?,12-,13+/m1/s1. The smallest absolute Gasteiger partial charge is 0.0235 e. The maximum Gasteiger partial charge on any atom is 0.0235 e. The van der Waals surface area contributed by atoms with Gasteiger partial charge in [-0.2, -0.15) is 0 Å². The Bertz CT molecular complexity index is 191. The van der Waals surface area contributed by atoms with E-state index in [0.29, 0.717) is 0 Å². The second kappa shape index (κ2) is 4.84. The van der Waals surface area contributed by atoms with Gasteiger partial charge in [-0.05, 0) is 38.1 Å². The number of hydrogen-bond acceptors (Lipinski definition) is 2. The first-order valence-corrected chi connectivity index (χ1v) is 6.69. The molecule has 2 aliphatic rings. The van der Waals surface area contributed by atoms with E-state index in [1.807, 2.05) is 0 Å². The van der Waals surface area contributed by atoms with Gasteiger partial charge in [0.25, 0.3) is 0 Å². The van der Waals surface area contributed by atoms with Crippen LogP contribution in [0.2, 0.25) is 0 Å². The zero-order valence-corrected chi connectivity index (χ0v) is 10.5. The fourth-order valence-electron chi connectivity index (χ4n) is 3.11. The highest BCUT2D eigenvalue weighted by Gasteiger charge is 2.36. The van der Waals surface area contributed by atoms with E-state index in [2.05, 4.69) is 31.0 Å². The van der Waals surface area contributed by atoms with Gasteiger partial charge in [0.05, 0.1) is 0 Å². The summed E-state index contributed by atoms with van der Waals surface area (Å²) in [5, 5.41) is 3.68. The van der Waals surface area contributed by atoms with E-state index in [1.165, 1.54) is 38.9 Å². The zero-order chi connectivity index (χ0) is 10.8. The lowest BCUT2D eigenvalue weighted by Crippen LogP contribution is -2.41. The lowest BCUT2D eigenvalue weighted by molar-refractivity contribution is 0.187. The molecule has 0 aromatic heterocycles. The van der Waals surface area contributed by atoms with Crippen molar-refractivity contribution < 1.29 is 0 Å². The summed E-state index contributed by atoms with van der Waals surface area (Å²) in [7, 11) is 0. The largest absolute Gasteiger partial charge is 0.312 e. The fourth-order valence-corrected chi connectivity index (χ4v) is 3.11. The van der Waals surface area contributed by atoms with Crippen molar-refractivity contribution in [3.05, 3.63) is 0 Å². The molecule has 0 radical (unpaired) electrons. The molecule has 0 amide bonds. The average Bonchev–Trinajstić information content (AvgIpc) is 2.70. The predicted molar refractivity (Wildman–Crippen MR) is 65.0 cm³/mol. The van der Waals surface area contributed by atoms with Gasteiger partial charge in [0.15, 0.2) is 0 Å². The van der Waals surface area contributed by atoms with E-state index in [1.54, 1.807) is 0 Å². The molecule has 2 saturated heterocycles. The van der Waals surface area contributed by atoms with Gasteiger partial charge in [0, 0.05) is 25.2 Å². The van der Waals surface area contributed by atoms with Crippen LogP contribution in [0.15, 0.2) is 0 Å². The third kappa shape index (κ3) is 2.36. The Morgan fingerprint density at radius 2 is 2.13 bits per heavy atom. The van der Waals surface area contributed by atoms with Crippen molar-refractivity contribution in [1.82, 2.24) is 10.2 Å². The Balaban J connectivity index is 1.90. The lowest BCUT2D eigenvalue weighted by Gasteiger charge is -2.29. The molecule has 0 aromatic rings. The number of likely N-dealkylation sites (tertiary alicyclic amines) is 1. The zero-order valence-electron chi connectivity index (χ0n) is 10.5. The molecule has 0 aliphatic carbocycles. The van der Waals surface area contributed by atoms with Crippen molar-refractivity contribution in [2.75, 3.05) is 19.6 Å². The highest BCUT2D eigenvalue weighted by Crippen LogP contribution is 2.28. The highest BCUT2D eigenvalue weighted by atomic mass is 15.2. The molecule has 0 spiro atoms. The maximum atomic E-state index is 3.68. The van der Waals surface area contributed by atoms with E-state index < -0.39 is 0 Å². The molecule has 2 unspecified atom stereocenters. The highest BCUT2D eigenvalue weighted by molar-refractivity contribution is 4.93. The first-order chi connectivity index (χ1) is 7.22. The van der Waals surface area contributed by atoms with Gasteiger partial charge in [-0.1, -0.05) is 20.3 Å². The van der Waals surface area contributed by atoms with Crippen LogP contribution in [-0.2, 0) is 0 Å². The molecule has 1 N–H and O–H groups in total. The number of rotatable bonds is 3. The number of hydrogen-bond donors (Lipinski definition) is 1. The Kier molecular flexibility index (Phi) is 3.68. The minimum atomic E-state index is 0.766. The van der Waals surface area contributed by atoms with E-state index in [0.717, 1.165) is 23.9 Å². The summed E-state index contributed by atoms with van der Waals surface area (Å²) in [5.41, 5.74) is 0. The van der Waals surface area contributed by atoms with Crippen LogP contribution >= 0.6 is 0 Å². The van der Waals surface area contributed by atoms with E-state index >= 15 is 0 Å². The Hall–Kier alpha value is -0.0800. The van der Waals surface area contributed by atoms with Crippen molar-refractivity contribution in [2.24, 2.45) is 11.8 Å². The summed E-state index contributed by atoms with van der Waals surface area (Å²) in [6.07, 6.45) is 4.13. The molecule has 2 heteroatoms. The summed E-state index contributed by atoms with van der Waals surface area (Å²) in [6, 6.07) is 1.56. The minimum Gasteiger partial charge on any atom is -0.312 e. The summed E-state index contributed by atoms with van der Waals surface area (Å²) in [5.74, 6) is 1.77. The van der Waals surface area contributed by atoms with Gasteiger partial charge < -0.3 is 5.32 Å². The van der Waals surface area contributed by atoms with Crippen molar-refractivity contribution >= 4 is 0 Å². The van der Waals surface area contributed by atoms with Crippen molar-refractivity contribution in [1.29, 1.82) is 0 Å².